The molecule has 1 aliphatic heterocycles. The Kier molecular flexibility index (Phi) is 6.91. The van der Waals surface area contributed by atoms with Crippen LogP contribution in [0.2, 0.25) is 5.15 Å². The van der Waals surface area contributed by atoms with Crippen molar-refractivity contribution < 1.29 is 27.5 Å². The molecule has 5 rings (SSSR count). The molecule has 4 aromatic rings. The number of thiazole rings is 1. The van der Waals surface area contributed by atoms with E-state index in [9.17, 15) is 22.8 Å². The van der Waals surface area contributed by atoms with Crippen LogP contribution in [0.1, 0.15) is 42.8 Å². The summed E-state index contributed by atoms with van der Waals surface area (Å²) in [4.78, 5) is 47.6. The molecule has 0 fully saturated rings. The maximum Gasteiger partial charge on any atom is 0.434 e. The molecular weight excluding hydrogens is 559 g/mol. The molecule has 0 unspecified atom stereocenters. The van der Waals surface area contributed by atoms with E-state index in [0.717, 1.165) is 17.5 Å². The number of alkyl halides is 3. The fourth-order valence-corrected chi connectivity index (χ4v) is 5.06. The van der Waals surface area contributed by atoms with Gasteiger partial charge in [-0.2, -0.15) is 13.2 Å². The third-order valence-electron chi connectivity index (χ3n) is 5.73. The van der Waals surface area contributed by atoms with Gasteiger partial charge in [-0.05, 0) is 19.1 Å². The molecule has 0 saturated carbocycles. The Morgan fingerprint density at radius 2 is 1.87 bits per heavy atom. The number of carbonyl (C=O) groups excluding carboxylic acids is 2. The molecule has 1 N–H and O–H groups in total. The summed E-state index contributed by atoms with van der Waals surface area (Å²) >= 11 is 7.25. The van der Waals surface area contributed by atoms with Gasteiger partial charge in [0.05, 0.1) is 54.9 Å². The minimum atomic E-state index is -4.72. The zero-order chi connectivity index (χ0) is 27.9. The molecule has 0 aliphatic carbocycles. The van der Waals surface area contributed by atoms with Crippen LogP contribution in [0.15, 0.2) is 36.9 Å². The maximum atomic E-state index is 13.3. The SMILES string of the molecule is COc1cnc(Cl)cc1-c1cc(C)ncc1C(=O)Nc1nc2c(s1)CN(C(=O)c1cncc(C(F)(F)F)n1)C2. The minimum Gasteiger partial charge on any atom is -0.494 e. The van der Waals surface area contributed by atoms with Crippen LogP contribution in [0.4, 0.5) is 18.3 Å². The van der Waals surface area contributed by atoms with E-state index in [-0.39, 0.29) is 23.8 Å². The Balaban J connectivity index is 1.34. The highest BCUT2D eigenvalue weighted by atomic mass is 35.5. The van der Waals surface area contributed by atoms with Gasteiger partial charge in [-0.3, -0.25) is 24.9 Å². The van der Waals surface area contributed by atoms with E-state index in [1.807, 2.05) is 0 Å². The van der Waals surface area contributed by atoms with Gasteiger partial charge in [0.25, 0.3) is 11.8 Å². The van der Waals surface area contributed by atoms with Crippen molar-refractivity contribution in [1.82, 2.24) is 29.8 Å². The van der Waals surface area contributed by atoms with Crippen LogP contribution in [0.3, 0.4) is 0 Å². The summed E-state index contributed by atoms with van der Waals surface area (Å²) in [7, 11) is 1.48. The molecule has 5 heterocycles. The predicted molar refractivity (Wildman–Crippen MR) is 134 cm³/mol. The number of carbonyl (C=O) groups is 2. The Morgan fingerprint density at radius 1 is 1.08 bits per heavy atom. The minimum absolute atomic E-state index is 0.0442. The molecule has 1 aliphatic rings. The molecule has 0 bridgehead atoms. The molecule has 10 nitrogen and oxygen atoms in total. The van der Waals surface area contributed by atoms with E-state index in [0.29, 0.717) is 44.5 Å². The lowest BCUT2D eigenvalue weighted by Crippen LogP contribution is -2.27. The third kappa shape index (κ3) is 5.38. The van der Waals surface area contributed by atoms with Crippen LogP contribution in [0.5, 0.6) is 5.75 Å². The number of methoxy groups -OCH3 is 1. The number of aromatic nitrogens is 5. The summed E-state index contributed by atoms with van der Waals surface area (Å²) in [6.07, 6.45) is -0.281. The van der Waals surface area contributed by atoms with E-state index in [1.165, 1.54) is 24.4 Å². The molecule has 0 saturated heterocycles. The number of halogens is 4. The second kappa shape index (κ2) is 10.2. The Bertz CT molecular complexity index is 1590. The lowest BCUT2D eigenvalue weighted by molar-refractivity contribution is -0.141. The van der Waals surface area contributed by atoms with Gasteiger partial charge >= 0.3 is 6.18 Å². The van der Waals surface area contributed by atoms with Gasteiger partial charge < -0.3 is 9.64 Å². The normalized spacial score (nSPS) is 12.8. The Labute approximate surface area is 227 Å². The highest BCUT2D eigenvalue weighted by Crippen LogP contribution is 2.36. The quantitative estimate of drug-likeness (QED) is 0.337. The number of nitrogens with zero attached hydrogens (tertiary/aromatic N) is 6. The van der Waals surface area contributed by atoms with Crippen molar-refractivity contribution in [2.45, 2.75) is 26.2 Å². The second-order valence-electron chi connectivity index (χ2n) is 8.37. The van der Waals surface area contributed by atoms with Crippen LogP contribution in [-0.2, 0) is 19.3 Å². The first-order chi connectivity index (χ1) is 18.5. The molecule has 39 heavy (non-hydrogen) atoms. The number of hydrogen-bond donors (Lipinski definition) is 1. The standard InChI is InChI=1S/C24H17ClF3N7O3S/c1-11-3-12(13-4-20(25)31-7-17(13)38-2)14(5-30-11)21(36)34-23-33-16-9-35(10-18(16)39-23)22(37)15-6-29-8-19(32-15)24(26,27)28/h3-8H,9-10H2,1-2H3,(H,33,34,36). The van der Waals surface area contributed by atoms with Gasteiger partial charge in [0, 0.05) is 23.0 Å². The number of rotatable bonds is 5. The number of anilines is 1. The molecule has 0 aromatic carbocycles. The van der Waals surface area contributed by atoms with Crippen molar-refractivity contribution in [1.29, 1.82) is 0 Å². The number of fused-ring (bicyclic) bond motifs is 1. The lowest BCUT2D eigenvalue weighted by Gasteiger charge is -2.15. The van der Waals surface area contributed by atoms with Crippen LogP contribution >= 0.6 is 22.9 Å². The average molecular weight is 576 g/mol. The molecule has 0 atom stereocenters. The monoisotopic (exact) mass is 575 g/mol. The summed E-state index contributed by atoms with van der Waals surface area (Å²) < 4.78 is 44.3. The van der Waals surface area contributed by atoms with Gasteiger partial charge in [0.2, 0.25) is 0 Å². The number of hydrogen-bond acceptors (Lipinski definition) is 9. The van der Waals surface area contributed by atoms with E-state index in [1.54, 1.807) is 19.1 Å². The van der Waals surface area contributed by atoms with Gasteiger partial charge in [0.15, 0.2) is 10.8 Å². The first kappa shape index (κ1) is 26.4. The van der Waals surface area contributed by atoms with Crippen LogP contribution in [-0.4, -0.2) is 48.7 Å². The Morgan fingerprint density at radius 3 is 2.59 bits per heavy atom. The summed E-state index contributed by atoms with van der Waals surface area (Å²) in [6.45, 7) is 1.93. The highest BCUT2D eigenvalue weighted by molar-refractivity contribution is 7.16. The molecule has 4 aromatic heterocycles. The van der Waals surface area contributed by atoms with E-state index >= 15 is 0 Å². The number of amides is 2. The lowest BCUT2D eigenvalue weighted by atomic mass is 10.0. The molecule has 2 amide bonds. The predicted octanol–water partition coefficient (Wildman–Crippen LogP) is 4.79. The molecule has 0 radical (unpaired) electrons. The van der Waals surface area contributed by atoms with Crippen molar-refractivity contribution in [2.24, 2.45) is 0 Å². The second-order valence-corrected chi connectivity index (χ2v) is 9.84. The fourth-order valence-electron chi connectivity index (χ4n) is 3.92. The van der Waals surface area contributed by atoms with Crippen molar-refractivity contribution in [3.05, 3.63) is 75.3 Å². The van der Waals surface area contributed by atoms with Gasteiger partial charge in [-0.25, -0.2) is 15.0 Å². The van der Waals surface area contributed by atoms with Crippen LogP contribution < -0.4 is 10.1 Å². The summed E-state index contributed by atoms with van der Waals surface area (Å²) in [5.74, 6) is -0.765. The molecule has 200 valence electrons. The summed E-state index contributed by atoms with van der Waals surface area (Å²) in [6, 6.07) is 3.31. The van der Waals surface area contributed by atoms with Gasteiger partial charge in [-0.1, -0.05) is 22.9 Å². The van der Waals surface area contributed by atoms with Crippen LogP contribution in [0, 0.1) is 6.92 Å². The maximum absolute atomic E-state index is 13.3. The zero-order valence-electron chi connectivity index (χ0n) is 20.2. The molecule has 0 spiro atoms. The van der Waals surface area contributed by atoms with E-state index in [2.05, 4.69) is 30.2 Å². The van der Waals surface area contributed by atoms with Crippen molar-refractivity contribution in [3.8, 4) is 16.9 Å². The van der Waals surface area contributed by atoms with Crippen molar-refractivity contribution >= 4 is 39.9 Å². The van der Waals surface area contributed by atoms with Crippen molar-refractivity contribution in [3.63, 3.8) is 0 Å². The van der Waals surface area contributed by atoms with Crippen LogP contribution in [0.25, 0.3) is 11.1 Å². The van der Waals surface area contributed by atoms with Crippen molar-refractivity contribution in [2.75, 3.05) is 12.4 Å². The zero-order valence-corrected chi connectivity index (χ0v) is 21.8. The smallest absolute Gasteiger partial charge is 0.434 e. The molecular formula is C24H17ClF3N7O3S. The average Bonchev–Trinajstić information content (AvgIpc) is 3.46. The number of nitrogens with one attached hydrogen (secondary N) is 1. The summed E-state index contributed by atoms with van der Waals surface area (Å²) in [5.41, 5.74) is 0.859. The largest absolute Gasteiger partial charge is 0.494 e. The fraction of sp³-hybridized carbons (Fsp3) is 0.208. The Hall–Kier alpha value is -4.17. The topological polar surface area (TPSA) is 123 Å². The highest BCUT2D eigenvalue weighted by Gasteiger charge is 2.35. The number of pyridine rings is 2. The van der Waals surface area contributed by atoms with Gasteiger partial charge in [0.1, 0.15) is 16.6 Å². The van der Waals surface area contributed by atoms with E-state index < -0.39 is 29.4 Å². The first-order valence-corrected chi connectivity index (χ1v) is 12.4. The first-order valence-electron chi connectivity index (χ1n) is 11.2. The number of ether oxygens (including phenoxy) is 1. The molecule has 15 heteroatoms. The van der Waals surface area contributed by atoms with E-state index in [4.69, 9.17) is 16.3 Å². The number of aryl methyl sites for hydroxylation is 1. The third-order valence-corrected chi connectivity index (χ3v) is 6.94. The summed E-state index contributed by atoms with van der Waals surface area (Å²) in [5, 5.41) is 3.27. The van der Waals surface area contributed by atoms with Gasteiger partial charge in [-0.15, -0.1) is 0 Å².